The summed E-state index contributed by atoms with van der Waals surface area (Å²) < 4.78 is 0. The molecule has 1 aromatic heterocycles. The highest BCUT2D eigenvalue weighted by Crippen LogP contribution is 2.37. The van der Waals surface area contributed by atoms with Crippen LogP contribution in [-0.2, 0) is 13.0 Å². The Balaban J connectivity index is 1.76. The summed E-state index contributed by atoms with van der Waals surface area (Å²) in [5.41, 5.74) is 2.92. The third-order valence-electron chi connectivity index (χ3n) is 4.58. The minimum Gasteiger partial charge on any atom is -0.347 e. The number of fused-ring (bicyclic) bond motifs is 1. The summed E-state index contributed by atoms with van der Waals surface area (Å²) in [6.45, 7) is 6.15. The molecule has 1 unspecified atom stereocenters. The Kier molecular flexibility index (Phi) is 3.09. The standard InChI is InChI=1S/C14H22N4O/c1-14(2)6-3-4-11(14)16-13(19)12-9-8-15-7-5-10(9)17-18-12/h11,15H,3-8H2,1-2H3,(H,16,19)(H,17,18). The number of hydrogen-bond donors (Lipinski definition) is 3. The van der Waals surface area contributed by atoms with E-state index in [2.05, 4.69) is 34.7 Å². The highest BCUT2D eigenvalue weighted by atomic mass is 16.2. The molecular weight excluding hydrogens is 240 g/mol. The lowest BCUT2D eigenvalue weighted by Crippen LogP contribution is -2.42. The molecule has 1 amide bonds. The number of aromatic amines is 1. The van der Waals surface area contributed by atoms with E-state index >= 15 is 0 Å². The average molecular weight is 262 g/mol. The third-order valence-corrected chi connectivity index (χ3v) is 4.58. The minimum absolute atomic E-state index is 0.0267. The summed E-state index contributed by atoms with van der Waals surface area (Å²) in [5.74, 6) is -0.0267. The predicted molar refractivity (Wildman–Crippen MR) is 72.9 cm³/mol. The zero-order valence-corrected chi connectivity index (χ0v) is 11.7. The quantitative estimate of drug-likeness (QED) is 0.754. The van der Waals surface area contributed by atoms with E-state index in [1.54, 1.807) is 0 Å². The van der Waals surface area contributed by atoms with Gasteiger partial charge in [-0.1, -0.05) is 20.3 Å². The van der Waals surface area contributed by atoms with Crippen LogP contribution in [-0.4, -0.2) is 28.7 Å². The van der Waals surface area contributed by atoms with E-state index in [-0.39, 0.29) is 17.4 Å². The molecule has 0 bridgehead atoms. The second kappa shape index (κ2) is 4.63. The number of nitrogens with zero attached hydrogens (tertiary/aromatic N) is 1. The molecule has 1 saturated carbocycles. The summed E-state index contributed by atoms with van der Waals surface area (Å²) in [6.07, 6.45) is 4.37. The number of amides is 1. The maximum atomic E-state index is 12.4. The number of hydrogen-bond acceptors (Lipinski definition) is 3. The molecular formula is C14H22N4O. The van der Waals surface area contributed by atoms with Crippen molar-refractivity contribution in [3.05, 3.63) is 17.0 Å². The summed E-state index contributed by atoms with van der Waals surface area (Å²) in [5, 5.41) is 13.7. The summed E-state index contributed by atoms with van der Waals surface area (Å²) in [4.78, 5) is 12.4. The first-order valence-corrected chi connectivity index (χ1v) is 7.15. The van der Waals surface area contributed by atoms with Gasteiger partial charge in [-0.15, -0.1) is 0 Å². The Morgan fingerprint density at radius 2 is 2.32 bits per heavy atom. The van der Waals surface area contributed by atoms with Crippen LogP contribution in [0.25, 0.3) is 0 Å². The Morgan fingerprint density at radius 3 is 3.05 bits per heavy atom. The smallest absolute Gasteiger partial charge is 0.272 e. The van der Waals surface area contributed by atoms with E-state index in [4.69, 9.17) is 0 Å². The van der Waals surface area contributed by atoms with Crippen molar-refractivity contribution in [2.24, 2.45) is 5.41 Å². The molecule has 2 aliphatic rings. The molecule has 1 atom stereocenters. The van der Waals surface area contributed by atoms with Gasteiger partial charge < -0.3 is 10.6 Å². The zero-order chi connectivity index (χ0) is 13.5. The molecule has 5 nitrogen and oxygen atoms in total. The van der Waals surface area contributed by atoms with Crippen molar-refractivity contribution in [2.75, 3.05) is 6.54 Å². The van der Waals surface area contributed by atoms with Gasteiger partial charge in [-0.25, -0.2) is 0 Å². The van der Waals surface area contributed by atoms with Crippen LogP contribution in [0.2, 0.25) is 0 Å². The highest BCUT2D eigenvalue weighted by molar-refractivity contribution is 5.94. The van der Waals surface area contributed by atoms with E-state index in [0.29, 0.717) is 5.69 Å². The van der Waals surface area contributed by atoms with Gasteiger partial charge in [0, 0.05) is 36.8 Å². The van der Waals surface area contributed by atoms with Crippen molar-refractivity contribution in [3.8, 4) is 0 Å². The Bertz CT molecular complexity index is 492. The molecule has 0 aromatic carbocycles. The molecule has 0 radical (unpaired) electrons. The minimum atomic E-state index is -0.0267. The SMILES string of the molecule is CC1(C)CCCC1NC(=O)c1n[nH]c2c1CNCC2. The van der Waals surface area contributed by atoms with Crippen molar-refractivity contribution in [3.63, 3.8) is 0 Å². The van der Waals surface area contributed by atoms with Crippen LogP contribution in [0.15, 0.2) is 0 Å². The molecule has 19 heavy (non-hydrogen) atoms. The van der Waals surface area contributed by atoms with E-state index in [0.717, 1.165) is 37.2 Å². The van der Waals surface area contributed by atoms with Crippen LogP contribution in [0.1, 0.15) is 54.9 Å². The maximum Gasteiger partial charge on any atom is 0.272 e. The van der Waals surface area contributed by atoms with Gasteiger partial charge in [0.2, 0.25) is 0 Å². The molecule has 2 heterocycles. The fourth-order valence-electron chi connectivity index (χ4n) is 3.23. The number of aromatic nitrogens is 2. The van der Waals surface area contributed by atoms with Crippen LogP contribution in [0, 0.1) is 5.41 Å². The van der Waals surface area contributed by atoms with E-state index in [9.17, 15) is 4.79 Å². The number of H-pyrrole nitrogens is 1. The molecule has 3 N–H and O–H groups in total. The third kappa shape index (κ3) is 2.27. The summed E-state index contributed by atoms with van der Waals surface area (Å²) >= 11 is 0. The summed E-state index contributed by atoms with van der Waals surface area (Å²) in [6, 6.07) is 0.267. The molecule has 1 aliphatic heterocycles. The molecule has 5 heteroatoms. The lowest BCUT2D eigenvalue weighted by Gasteiger charge is -2.27. The van der Waals surface area contributed by atoms with Crippen LogP contribution < -0.4 is 10.6 Å². The largest absolute Gasteiger partial charge is 0.347 e. The van der Waals surface area contributed by atoms with Crippen LogP contribution in [0.3, 0.4) is 0 Å². The van der Waals surface area contributed by atoms with Gasteiger partial charge in [0.25, 0.3) is 5.91 Å². The number of carbonyl (C=O) groups is 1. The lowest BCUT2D eigenvalue weighted by atomic mass is 9.87. The van der Waals surface area contributed by atoms with Gasteiger partial charge >= 0.3 is 0 Å². The van der Waals surface area contributed by atoms with Crippen LogP contribution in [0.4, 0.5) is 0 Å². The van der Waals surface area contributed by atoms with Gasteiger partial charge in [0.05, 0.1) is 0 Å². The van der Waals surface area contributed by atoms with E-state index < -0.39 is 0 Å². The van der Waals surface area contributed by atoms with Crippen molar-refractivity contribution in [1.82, 2.24) is 20.8 Å². The fraction of sp³-hybridized carbons (Fsp3) is 0.714. The Hall–Kier alpha value is -1.36. The zero-order valence-electron chi connectivity index (χ0n) is 11.7. The molecule has 1 aliphatic carbocycles. The van der Waals surface area contributed by atoms with Crippen molar-refractivity contribution >= 4 is 5.91 Å². The monoisotopic (exact) mass is 262 g/mol. The maximum absolute atomic E-state index is 12.4. The molecule has 0 spiro atoms. The summed E-state index contributed by atoms with van der Waals surface area (Å²) in [7, 11) is 0. The number of nitrogens with one attached hydrogen (secondary N) is 3. The molecule has 1 fully saturated rings. The Labute approximate surface area is 113 Å². The molecule has 0 saturated heterocycles. The Morgan fingerprint density at radius 1 is 1.47 bits per heavy atom. The topological polar surface area (TPSA) is 69.8 Å². The van der Waals surface area contributed by atoms with Crippen molar-refractivity contribution < 1.29 is 4.79 Å². The first-order valence-electron chi connectivity index (χ1n) is 7.15. The lowest BCUT2D eigenvalue weighted by molar-refractivity contribution is 0.0903. The van der Waals surface area contributed by atoms with Gasteiger partial charge in [0.15, 0.2) is 5.69 Å². The highest BCUT2D eigenvalue weighted by Gasteiger charge is 2.36. The first-order chi connectivity index (χ1) is 9.08. The predicted octanol–water partition coefficient (Wildman–Crippen LogP) is 1.36. The van der Waals surface area contributed by atoms with Gasteiger partial charge in [-0.2, -0.15) is 5.10 Å². The van der Waals surface area contributed by atoms with E-state index in [1.165, 1.54) is 12.8 Å². The normalized spacial score (nSPS) is 25.1. The van der Waals surface area contributed by atoms with Crippen LogP contribution >= 0.6 is 0 Å². The van der Waals surface area contributed by atoms with E-state index in [1.807, 2.05) is 0 Å². The second-order valence-corrected chi connectivity index (χ2v) is 6.36. The fourth-order valence-corrected chi connectivity index (χ4v) is 3.23. The molecule has 1 aromatic rings. The van der Waals surface area contributed by atoms with Crippen molar-refractivity contribution in [2.45, 2.75) is 52.1 Å². The first kappa shape index (κ1) is 12.7. The van der Waals surface area contributed by atoms with Crippen LogP contribution in [0.5, 0.6) is 0 Å². The van der Waals surface area contributed by atoms with Gasteiger partial charge in [-0.3, -0.25) is 9.89 Å². The molecule has 3 rings (SSSR count). The second-order valence-electron chi connectivity index (χ2n) is 6.36. The number of rotatable bonds is 2. The number of carbonyl (C=O) groups excluding carboxylic acids is 1. The van der Waals surface area contributed by atoms with Gasteiger partial charge in [-0.05, 0) is 18.3 Å². The van der Waals surface area contributed by atoms with Gasteiger partial charge in [0.1, 0.15) is 0 Å². The average Bonchev–Trinajstić information content (AvgIpc) is 2.93. The molecule has 104 valence electrons. The van der Waals surface area contributed by atoms with Crippen molar-refractivity contribution in [1.29, 1.82) is 0 Å².